The Morgan fingerprint density at radius 2 is 1.97 bits per heavy atom. The van der Waals surface area contributed by atoms with E-state index in [0.29, 0.717) is 31.5 Å². The van der Waals surface area contributed by atoms with Crippen molar-refractivity contribution in [2.24, 2.45) is 4.99 Å². The van der Waals surface area contributed by atoms with Crippen LogP contribution in [0.2, 0.25) is 0 Å². The molecule has 0 saturated heterocycles. The van der Waals surface area contributed by atoms with Crippen LogP contribution in [0.5, 0.6) is 11.5 Å². The lowest BCUT2D eigenvalue weighted by Gasteiger charge is -2.20. The molecule has 0 spiro atoms. The molecule has 1 amide bonds. The number of carbonyl (C=O) groups is 1. The summed E-state index contributed by atoms with van der Waals surface area (Å²) < 4.78 is 11.4. The van der Waals surface area contributed by atoms with Crippen LogP contribution >= 0.6 is 35.3 Å². The Balaban J connectivity index is 0.00000341. The lowest BCUT2D eigenvalue weighted by molar-refractivity contribution is -0.121. The van der Waals surface area contributed by atoms with Gasteiger partial charge in [-0.1, -0.05) is 0 Å². The fraction of sp³-hybridized carbons (Fsp3) is 0.476. The Labute approximate surface area is 204 Å². The van der Waals surface area contributed by atoms with Crippen molar-refractivity contribution >= 4 is 52.9 Å². The molecule has 170 valence electrons. The summed E-state index contributed by atoms with van der Waals surface area (Å²) in [6.07, 6.45) is 0.850. The number of ether oxygens (including phenoxy) is 2. The lowest BCUT2D eigenvalue weighted by atomic mass is 10.1. The van der Waals surface area contributed by atoms with E-state index in [4.69, 9.17) is 9.47 Å². The standard InChI is InChI=1S/C21H29N5O3S.HI/c1-14-18(30-13-24-14)11-22-20(23-12-19(27)26-21(2,3)4)25-15-6-7-16-17(10-15)29-9-5-8-28-16;/h6-7,10,13H,5,8-9,11-12H2,1-4H3,(H,26,27)(H2,22,23,25);1H. The van der Waals surface area contributed by atoms with Gasteiger partial charge in [-0.15, -0.1) is 35.3 Å². The molecule has 3 rings (SSSR count). The average Bonchev–Trinajstić information content (AvgIpc) is 2.94. The molecular weight excluding hydrogens is 529 g/mol. The van der Waals surface area contributed by atoms with E-state index in [0.717, 1.165) is 28.4 Å². The highest BCUT2D eigenvalue weighted by Crippen LogP contribution is 2.32. The normalized spacial score (nSPS) is 13.6. The van der Waals surface area contributed by atoms with Gasteiger partial charge in [-0.2, -0.15) is 0 Å². The first kappa shape index (κ1) is 25.2. The minimum Gasteiger partial charge on any atom is -0.490 e. The smallest absolute Gasteiger partial charge is 0.242 e. The number of nitrogens with zero attached hydrogens (tertiary/aromatic N) is 2. The highest BCUT2D eigenvalue weighted by Gasteiger charge is 2.15. The molecule has 0 radical (unpaired) electrons. The molecule has 1 aliphatic heterocycles. The fourth-order valence-electron chi connectivity index (χ4n) is 2.79. The summed E-state index contributed by atoms with van der Waals surface area (Å²) in [5, 5.41) is 9.46. The van der Waals surface area contributed by atoms with Crippen LogP contribution in [0.15, 0.2) is 28.7 Å². The van der Waals surface area contributed by atoms with E-state index in [1.165, 1.54) is 0 Å². The van der Waals surface area contributed by atoms with Crippen molar-refractivity contribution in [1.82, 2.24) is 15.6 Å². The fourth-order valence-corrected chi connectivity index (χ4v) is 3.50. The minimum absolute atomic E-state index is 0. The van der Waals surface area contributed by atoms with Gasteiger partial charge >= 0.3 is 0 Å². The van der Waals surface area contributed by atoms with Gasteiger partial charge in [0.2, 0.25) is 5.91 Å². The minimum atomic E-state index is -0.304. The van der Waals surface area contributed by atoms with Crippen LogP contribution in [0.4, 0.5) is 5.69 Å². The summed E-state index contributed by atoms with van der Waals surface area (Å²) >= 11 is 1.58. The second kappa shape index (κ2) is 11.5. The molecule has 10 heteroatoms. The molecule has 0 atom stereocenters. The van der Waals surface area contributed by atoms with E-state index in [9.17, 15) is 4.79 Å². The summed E-state index contributed by atoms with van der Waals surface area (Å²) in [6, 6.07) is 5.66. The predicted molar refractivity (Wildman–Crippen MR) is 135 cm³/mol. The number of benzene rings is 1. The second-order valence-corrected chi connectivity index (χ2v) is 8.95. The maximum Gasteiger partial charge on any atom is 0.242 e. The number of anilines is 1. The van der Waals surface area contributed by atoms with Gasteiger partial charge in [0.25, 0.3) is 0 Å². The Morgan fingerprint density at radius 1 is 1.23 bits per heavy atom. The van der Waals surface area contributed by atoms with E-state index in [-0.39, 0.29) is 42.0 Å². The van der Waals surface area contributed by atoms with Crippen molar-refractivity contribution in [2.75, 3.05) is 25.1 Å². The summed E-state index contributed by atoms with van der Waals surface area (Å²) in [6.45, 7) is 9.63. The summed E-state index contributed by atoms with van der Waals surface area (Å²) in [7, 11) is 0. The molecule has 1 aliphatic rings. The first-order chi connectivity index (χ1) is 14.3. The van der Waals surface area contributed by atoms with E-state index in [1.807, 2.05) is 51.4 Å². The van der Waals surface area contributed by atoms with Crippen molar-refractivity contribution in [3.05, 3.63) is 34.3 Å². The third kappa shape index (κ3) is 8.17. The van der Waals surface area contributed by atoms with Gasteiger partial charge in [-0.3, -0.25) is 4.79 Å². The number of hydrogen-bond acceptors (Lipinski definition) is 6. The number of aromatic nitrogens is 1. The number of amides is 1. The van der Waals surface area contributed by atoms with Gasteiger partial charge in [0.05, 0.1) is 31.0 Å². The molecule has 0 bridgehead atoms. The van der Waals surface area contributed by atoms with Crippen LogP contribution in [0.1, 0.15) is 37.8 Å². The van der Waals surface area contributed by atoms with Crippen LogP contribution < -0.4 is 25.4 Å². The zero-order valence-corrected chi connectivity index (χ0v) is 21.4. The number of nitrogens with one attached hydrogen (secondary N) is 3. The van der Waals surface area contributed by atoms with E-state index in [2.05, 4.69) is 25.9 Å². The first-order valence-corrected chi connectivity index (χ1v) is 10.8. The zero-order chi connectivity index (χ0) is 21.6. The predicted octanol–water partition coefficient (Wildman–Crippen LogP) is 3.70. The number of aryl methyl sites for hydroxylation is 1. The van der Waals surface area contributed by atoms with Crippen LogP contribution in [-0.4, -0.2) is 42.1 Å². The SMILES string of the molecule is Cc1ncsc1CNC(=NCC(=O)NC(C)(C)C)Nc1ccc2c(c1)OCCCO2.I. The lowest BCUT2D eigenvalue weighted by Crippen LogP contribution is -2.42. The third-order valence-corrected chi connectivity index (χ3v) is 5.10. The van der Waals surface area contributed by atoms with Crippen molar-refractivity contribution < 1.29 is 14.3 Å². The molecule has 1 aromatic carbocycles. The van der Waals surface area contributed by atoms with Gasteiger partial charge in [0, 0.05) is 28.6 Å². The van der Waals surface area contributed by atoms with Gasteiger partial charge < -0.3 is 25.4 Å². The van der Waals surface area contributed by atoms with Crippen molar-refractivity contribution in [3.8, 4) is 11.5 Å². The number of guanidine groups is 1. The van der Waals surface area contributed by atoms with Gasteiger partial charge in [0.15, 0.2) is 17.5 Å². The average molecular weight is 559 g/mol. The third-order valence-electron chi connectivity index (χ3n) is 4.17. The topological polar surface area (TPSA) is 96.9 Å². The van der Waals surface area contributed by atoms with Crippen molar-refractivity contribution in [1.29, 1.82) is 0 Å². The Hall–Kier alpha value is -2.08. The van der Waals surface area contributed by atoms with Crippen LogP contribution in [0, 0.1) is 6.92 Å². The highest BCUT2D eigenvalue weighted by atomic mass is 127. The molecule has 1 aromatic heterocycles. The monoisotopic (exact) mass is 559 g/mol. The molecule has 31 heavy (non-hydrogen) atoms. The van der Waals surface area contributed by atoms with Crippen molar-refractivity contribution in [3.63, 3.8) is 0 Å². The molecule has 2 aromatic rings. The molecule has 8 nitrogen and oxygen atoms in total. The van der Waals surface area contributed by atoms with Crippen LogP contribution in [0.3, 0.4) is 0 Å². The summed E-state index contributed by atoms with van der Waals surface area (Å²) in [4.78, 5) is 22.1. The molecule has 0 fully saturated rings. The van der Waals surface area contributed by atoms with E-state index in [1.54, 1.807) is 11.3 Å². The van der Waals surface area contributed by atoms with Crippen molar-refractivity contribution in [2.45, 2.75) is 46.2 Å². The Kier molecular flexibility index (Phi) is 9.35. The summed E-state index contributed by atoms with van der Waals surface area (Å²) in [5.41, 5.74) is 3.29. The van der Waals surface area contributed by atoms with Gasteiger partial charge in [-0.05, 0) is 39.8 Å². The largest absolute Gasteiger partial charge is 0.490 e. The number of rotatable bonds is 5. The summed E-state index contributed by atoms with van der Waals surface area (Å²) in [5.74, 6) is 1.78. The quantitative estimate of drug-likeness (QED) is 0.294. The zero-order valence-electron chi connectivity index (χ0n) is 18.3. The molecule has 0 aliphatic carbocycles. The number of aliphatic imine (C=N–C) groups is 1. The maximum atomic E-state index is 12.2. The molecule has 3 N–H and O–H groups in total. The van der Waals surface area contributed by atoms with Gasteiger partial charge in [-0.25, -0.2) is 9.98 Å². The maximum absolute atomic E-state index is 12.2. The Bertz CT molecular complexity index is 911. The first-order valence-electron chi connectivity index (χ1n) is 9.95. The molecular formula is C21H30IN5O3S. The highest BCUT2D eigenvalue weighted by molar-refractivity contribution is 14.0. The number of thiazole rings is 1. The molecule has 0 saturated carbocycles. The van der Waals surface area contributed by atoms with E-state index >= 15 is 0 Å². The number of halogens is 1. The van der Waals surface area contributed by atoms with Crippen LogP contribution in [0.25, 0.3) is 0 Å². The van der Waals surface area contributed by atoms with Gasteiger partial charge in [0.1, 0.15) is 6.54 Å². The second-order valence-electron chi connectivity index (χ2n) is 8.01. The molecule has 0 unspecified atom stereocenters. The molecule has 2 heterocycles. The van der Waals surface area contributed by atoms with E-state index < -0.39 is 0 Å². The number of carbonyl (C=O) groups excluding carboxylic acids is 1. The van der Waals surface area contributed by atoms with Crippen LogP contribution in [-0.2, 0) is 11.3 Å². The Morgan fingerprint density at radius 3 is 2.65 bits per heavy atom. The number of hydrogen-bond donors (Lipinski definition) is 3. The number of fused-ring (bicyclic) bond motifs is 1.